The van der Waals surface area contributed by atoms with Crippen LogP contribution >= 0.6 is 0 Å². The van der Waals surface area contributed by atoms with E-state index in [1.165, 1.54) is 32.1 Å². The molecule has 20 heavy (non-hydrogen) atoms. The molecule has 0 radical (unpaired) electrons. The number of anilines is 1. The minimum Gasteiger partial charge on any atom is -0.387 e. The van der Waals surface area contributed by atoms with E-state index in [9.17, 15) is 5.11 Å². The third kappa shape index (κ3) is 3.98. The average molecular weight is 272 g/mol. The standard InChI is InChI=1S/C17H24N2O/c1-13(11-18)17(20)15-8-5-9-16(10-15)19-12-14-6-3-2-4-7-14/h5,8-10,13-14,17,19-20H,2-4,6-7,12H2,1H3. The summed E-state index contributed by atoms with van der Waals surface area (Å²) in [7, 11) is 0. The average Bonchev–Trinajstić information content (AvgIpc) is 2.52. The molecule has 1 saturated carbocycles. The molecule has 2 N–H and O–H groups in total. The van der Waals surface area contributed by atoms with E-state index in [4.69, 9.17) is 5.26 Å². The van der Waals surface area contributed by atoms with Crippen LogP contribution in [0.1, 0.15) is 50.7 Å². The van der Waals surface area contributed by atoms with Gasteiger partial charge in [0.1, 0.15) is 0 Å². The lowest BCUT2D eigenvalue weighted by molar-refractivity contribution is 0.143. The third-order valence-corrected chi connectivity index (χ3v) is 4.22. The minimum absolute atomic E-state index is 0.386. The van der Waals surface area contributed by atoms with Gasteiger partial charge in [0.2, 0.25) is 0 Å². The number of nitriles is 1. The Morgan fingerprint density at radius 3 is 2.80 bits per heavy atom. The van der Waals surface area contributed by atoms with Crippen LogP contribution in [-0.2, 0) is 0 Å². The van der Waals surface area contributed by atoms with Crippen molar-refractivity contribution in [2.75, 3.05) is 11.9 Å². The summed E-state index contributed by atoms with van der Waals surface area (Å²) in [6.07, 6.45) is 6.01. The molecular weight excluding hydrogens is 248 g/mol. The molecule has 0 saturated heterocycles. The molecule has 0 spiro atoms. The van der Waals surface area contributed by atoms with E-state index in [1.807, 2.05) is 24.3 Å². The molecule has 0 heterocycles. The molecule has 108 valence electrons. The topological polar surface area (TPSA) is 56.0 Å². The largest absolute Gasteiger partial charge is 0.387 e. The number of hydrogen-bond donors (Lipinski definition) is 2. The van der Waals surface area contributed by atoms with Crippen molar-refractivity contribution in [3.63, 3.8) is 0 Å². The van der Waals surface area contributed by atoms with Gasteiger partial charge in [0, 0.05) is 12.2 Å². The van der Waals surface area contributed by atoms with Crippen LogP contribution in [0.5, 0.6) is 0 Å². The summed E-state index contributed by atoms with van der Waals surface area (Å²) < 4.78 is 0. The highest BCUT2D eigenvalue weighted by Gasteiger charge is 2.16. The predicted molar refractivity (Wildman–Crippen MR) is 81.2 cm³/mol. The number of rotatable bonds is 5. The van der Waals surface area contributed by atoms with Gasteiger partial charge in [-0.1, -0.05) is 31.4 Å². The summed E-state index contributed by atoms with van der Waals surface area (Å²) in [5, 5.41) is 22.4. The van der Waals surface area contributed by atoms with Crippen LogP contribution < -0.4 is 5.32 Å². The van der Waals surface area contributed by atoms with Crippen LogP contribution in [0.15, 0.2) is 24.3 Å². The zero-order valence-corrected chi connectivity index (χ0v) is 12.2. The zero-order chi connectivity index (χ0) is 14.4. The first-order valence-electron chi connectivity index (χ1n) is 7.62. The molecule has 3 nitrogen and oxygen atoms in total. The van der Waals surface area contributed by atoms with Crippen molar-refractivity contribution in [1.82, 2.24) is 0 Å². The maximum atomic E-state index is 10.1. The lowest BCUT2D eigenvalue weighted by Gasteiger charge is -2.22. The van der Waals surface area contributed by atoms with E-state index in [2.05, 4.69) is 11.4 Å². The molecule has 1 fully saturated rings. The molecule has 3 heteroatoms. The van der Waals surface area contributed by atoms with E-state index in [1.54, 1.807) is 6.92 Å². The Morgan fingerprint density at radius 1 is 1.35 bits per heavy atom. The maximum Gasteiger partial charge on any atom is 0.0946 e. The Morgan fingerprint density at radius 2 is 2.10 bits per heavy atom. The van der Waals surface area contributed by atoms with Gasteiger partial charge < -0.3 is 10.4 Å². The number of aliphatic hydroxyl groups excluding tert-OH is 1. The summed E-state index contributed by atoms with van der Waals surface area (Å²) in [6, 6.07) is 9.90. The molecule has 1 aliphatic rings. The molecule has 0 aromatic heterocycles. The smallest absolute Gasteiger partial charge is 0.0946 e. The minimum atomic E-state index is -0.712. The first-order valence-corrected chi connectivity index (χ1v) is 7.62. The molecule has 0 bridgehead atoms. The monoisotopic (exact) mass is 272 g/mol. The van der Waals surface area contributed by atoms with E-state index in [0.717, 1.165) is 23.7 Å². The highest BCUT2D eigenvalue weighted by Crippen LogP contribution is 2.26. The first kappa shape index (κ1) is 14.9. The van der Waals surface area contributed by atoms with E-state index < -0.39 is 6.10 Å². The molecule has 2 atom stereocenters. The van der Waals surface area contributed by atoms with Gasteiger partial charge in [0.25, 0.3) is 0 Å². The van der Waals surface area contributed by atoms with Crippen LogP contribution in [0.3, 0.4) is 0 Å². The van der Waals surface area contributed by atoms with Gasteiger partial charge in [-0.15, -0.1) is 0 Å². The highest BCUT2D eigenvalue weighted by molar-refractivity contribution is 5.46. The van der Waals surface area contributed by atoms with Gasteiger partial charge in [-0.2, -0.15) is 5.26 Å². The Balaban J connectivity index is 1.93. The SMILES string of the molecule is CC(C#N)C(O)c1cccc(NCC2CCCCC2)c1. The van der Waals surface area contributed by atoms with Crippen molar-refractivity contribution in [1.29, 1.82) is 5.26 Å². The number of nitrogens with one attached hydrogen (secondary N) is 1. The fourth-order valence-electron chi connectivity index (χ4n) is 2.85. The highest BCUT2D eigenvalue weighted by atomic mass is 16.3. The van der Waals surface area contributed by atoms with Crippen molar-refractivity contribution >= 4 is 5.69 Å². The Labute approximate surface area is 121 Å². The number of nitrogens with zero attached hydrogens (tertiary/aromatic N) is 1. The van der Waals surface area contributed by atoms with Gasteiger partial charge >= 0.3 is 0 Å². The molecular formula is C17H24N2O. The number of aliphatic hydroxyl groups is 1. The van der Waals surface area contributed by atoms with Gasteiger partial charge in [-0.3, -0.25) is 0 Å². The van der Waals surface area contributed by atoms with E-state index in [0.29, 0.717) is 0 Å². The summed E-state index contributed by atoms with van der Waals surface area (Å²) >= 11 is 0. The lowest BCUT2D eigenvalue weighted by atomic mass is 9.89. The van der Waals surface area contributed by atoms with Crippen molar-refractivity contribution in [3.8, 4) is 6.07 Å². The molecule has 2 rings (SSSR count). The number of benzene rings is 1. The van der Waals surface area contributed by atoms with Crippen molar-refractivity contribution < 1.29 is 5.11 Å². The predicted octanol–water partition coefficient (Wildman–Crippen LogP) is 3.87. The second kappa shape index (κ2) is 7.31. The fraction of sp³-hybridized carbons (Fsp3) is 0.588. The quantitative estimate of drug-likeness (QED) is 0.855. The molecule has 1 aromatic rings. The van der Waals surface area contributed by atoms with E-state index >= 15 is 0 Å². The third-order valence-electron chi connectivity index (χ3n) is 4.22. The molecule has 2 unspecified atom stereocenters. The summed E-state index contributed by atoms with van der Waals surface area (Å²) in [5.74, 6) is 0.388. The van der Waals surface area contributed by atoms with Gasteiger partial charge in [0.05, 0.1) is 18.1 Å². The second-order valence-corrected chi connectivity index (χ2v) is 5.87. The summed E-state index contributed by atoms with van der Waals surface area (Å²) in [4.78, 5) is 0. The van der Waals surface area contributed by atoms with Crippen LogP contribution in [-0.4, -0.2) is 11.7 Å². The summed E-state index contributed by atoms with van der Waals surface area (Å²) in [5.41, 5.74) is 1.85. The molecule has 0 aliphatic heterocycles. The zero-order valence-electron chi connectivity index (χ0n) is 12.2. The Bertz CT molecular complexity index is 460. The van der Waals surface area contributed by atoms with Gasteiger partial charge in [-0.25, -0.2) is 0 Å². The normalized spacial score (nSPS) is 19.1. The number of hydrogen-bond acceptors (Lipinski definition) is 3. The van der Waals surface area contributed by atoms with Crippen molar-refractivity contribution in [2.45, 2.75) is 45.1 Å². The van der Waals surface area contributed by atoms with Crippen LogP contribution in [0.25, 0.3) is 0 Å². The van der Waals surface area contributed by atoms with Crippen molar-refractivity contribution in [2.24, 2.45) is 11.8 Å². The maximum absolute atomic E-state index is 10.1. The first-order chi connectivity index (χ1) is 9.70. The second-order valence-electron chi connectivity index (χ2n) is 5.87. The van der Waals surface area contributed by atoms with E-state index in [-0.39, 0.29) is 5.92 Å². The Kier molecular flexibility index (Phi) is 5.43. The Hall–Kier alpha value is -1.53. The molecule has 1 aliphatic carbocycles. The molecule has 0 amide bonds. The summed E-state index contributed by atoms with van der Waals surface area (Å²) in [6.45, 7) is 2.75. The van der Waals surface area contributed by atoms with Crippen LogP contribution in [0.4, 0.5) is 5.69 Å². The van der Waals surface area contributed by atoms with Crippen LogP contribution in [0, 0.1) is 23.2 Å². The van der Waals surface area contributed by atoms with Gasteiger partial charge in [0.15, 0.2) is 0 Å². The fourth-order valence-corrected chi connectivity index (χ4v) is 2.85. The molecule has 1 aromatic carbocycles. The van der Waals surface area contributed by atoms with Crippen LogP contribution in [0.2, 0.25) is 0 Å². The lowest BCUT2D eigenvalue weighted by Crippen LogP contribution is -2.17. The van der Waals surface area contributed by atoms with Gasteiger partial charge in [-0.05, 0) is 43.4 Å². The van der Waals surface area contributed by atoms with Crippen molar-refractivity contribution in [3.05, 3.63) is 29.8 Å².